The Kier molecular flexibility index (Phi) is 5.59. The Balaban J connectivity index is 0.00000176. The maximum atomic E-state index is 9.73. The van der Waals surface area contributed by atoms with E-state index < -0.39 is 0 Å². The first kappa shape index (κ1) is 17.0. The maximum Gasteiger partial charge on any atom is 0.157 e. The Morgan fingerprint density at radius 2 is 1.77 bits per heavy atom. The van der Waals surface area contributed by atoms with Crippen molar-refractivity contribution in [1.82, 2.24) is 0 Å². The molecule has 122 valence electrons. The van der Waals surface area contributed by atoms with Crippen molar-refractivity contribution in [2.45, 2.75) is 44.6 Å². The van der Waals surface area contributed by atoms with Crippen molar-refractivity contribution in [3.05, 3.63) is 35.1 Å². The molecule has 0 saturated heterocycles. The molecule has 5 heteroatoms. The number of rotatable bonds is 2. The lowest BCUT2D eigenvalue weighted by atomic mass is 9.87. The van der Waals surface area contributed by atoms with Crippen LogP contribution in [-0.2, 0) is 11.2 Å². The van der Waals surface area contributed by atoms with Crippen LogP contribution in [0.5, 0.6) is 11.5 Å². The molecular formula is C17H24ClNO3. The molecule has 4 nitrogen and oxygen atoms in total. The lowest BCUT2D eigenvalue weighted by Gasteiger charge is -2.27. The van der Waals surface area contributed by atoms with Crippen LogP contribution in [0.3, 0.4) is 0 Å². The molecule has 4 N–H and O–H groups in total. The topological polar surface area (TPSA) is 75.7 Å². The van der Waals surface area contributed by atoms with E-state index in [1.165, 1.54) is 32.1 Å². The highest BCUT2D eigenvalue weighted by atomic mass is 35.5. The molecule has 1 heterocycles. The highest BCUT2D eigenvalue weighted by Gasteiger charge is 2.26. The van der Waals surface area contributed by atoms with Gasteiger partial charge >= 0.3 is 0 Å². The molecule has 0 aromatic heterocycles. The average Bonchev–Trinajstić information content (AvgIpc) is 2.68. The van der Waals surface area contributed by atoms with Crippen LogP contribution in [0.15, 0.2) is 24.0 Å². The first-order valence-electron chi connectivity index (χ1n) is 7.80. The Morgan fingerprint density at radius 1 is 1.09 bits per heavy atom. The standard InChI is InChI=1S/C17H23NO3.ClH/c18-10-17-13-9-15(20)14(19)8-12(13)6-7-16(21-17)11-4-2-1-3-5-11;/h7-9,11,17,19-20H,1-6,10,18H2;1H. The summed E-state index contributed by atoms with van der Waals surface area (Å²) in [5, 5.41) is 19.4. The lowest BCUT2D eigenvalue weighted by molar-refractivity contribution is 0.0909. The van der Waals surface area contributed by atoms with Gasteiger partial charge in [-0.1, -0.05) is 19.3 Å². The highest BCUT2D eigenvalue weighted by Crippen LogP contribution is 2.39. The van der Waals surface area contributed by atoms with E-state index in [2.05, 4.69) is 6.08 Å². The zero-order chi connectivity index (χ0) is 14.8. The largest absolute Gasteiger partial charge is 0.504 e. The van der Waals surface area contributed by atoms with Crippen molar-refractivity contribution < 1.29 is 14.9 Å². The van der Waals surface area contributed by atoms with Crippen molar-refractivity contribution >= 4 is 12.4 Å². The molecule has 0 radical (unpaired) electrons. The molecule has 22 heavy (non-hydrogen) atoms. The fourth-order valence-corrected chi connectivity index (χ4v) is 3.42. The van der Waals surface area contributed by atoms with Crippen molar-refractivity contribution in [2.75, 3.05) is 6.54 Å². The third kappa shape index (κ3) is 3.33. The average molecular weight is 326 g/mol. The second kappa shape index (κ2) is 7.25. The molecule has 3 rings (SSSR count). The van der Waals surface area contributed by atoms with E-state index in [1.54, 1.807) is 12.1 Å². The van der Waals surface area contributed by atoms with Crippen LogP contribution in [0, 0.1) is 5.92 Å². The molecular weight excluding hydrogens is 302 g/mol. The fourth-order valence-electron chi connectivity index (χ4n) is 3.42. The van der Waals surface area contributed by atoms with Gasteiger partial charge in [-0.3, -0.25) is 0 Å². The van der Waals surface area contributed by atoms with Gasteiger partial charge in [-0.05, 0) is 43.0 Å². The second-order valence-corrected chi connectivity index (χ2v) is 6.03. The molecule has 0 amide bonds. The van der Waals surface area contributed by atoms with Gasteiger partial charge in [0.25, 0.3) is 0 Å². The number of benzene rings is 1. The molecule has 1 saturated carbocycles. The van der Waals surface area contributed by atoms with Crippen LogP contribution < -0.4 is 5.73 Å². The van der Waals surface area contributed by atoms with E-state index in [1.807, 2.05) is 0 Å². The Hall–Kier alpha value is -1.39. The SMILES string of the molecule is Cl.NCC1OC(C2CCCCC2)=CCc2cc(O)c(O)cc21. The molecule has 1 aliphatic carbocycles. The van der Waals surface area contributed by atoms with Gasteiger partial charge in [-0.2, -0.15) is 0 Å². The highest BCUT2D eigenvalue weighted by molar-refractivity contribution is 5.85. The zero-order valence-electron chi connectivity index (χ0n) is 12.6. The molecule has 0 bridgehead atoms. The summed E-state index contributed by atoms with van der Waals surface area (Å²) in [6, 6.07) is 3.21. The van der Waals surface area contributed by atoms with E-state index in [4.69, 9.17) is 10.5 Å². The molecule has 2 aliphatic rings. The van der Waals surface area contributed by atoms with Gasteiger partial charge < -0.3 is 20.7 Å². The smallest absolute Gasteiger partial charge is 0.157 e. The Morgan fingerprint density at radius 3 is 2.45 bits per heavy atom. The fraction of sp³-hybridized carbons (Fsp3) is 0.529. The van der Waals surface area contributed by atoms with Crippen molar-refractivity contribution in [3.8, 4) is 11.5 Å². The van der Waals surface area contributed by atoms with Crippen molar-refractivity contribution in [1.29, 1.82) is 0 Å². The van der Waals surface area contributed by atoms with Crippen molar-refractivity contribution in [2.24, 2.45) is 11.7 Å². The van der Waals surface area contributed by atoms with E-state index in [0.29, 0.717) is 18.9 Å². The molecule has 0 spiro atoms. The molecule has 1 fully saturated rings. The minimum atomic E-state index is -0.248. The number of hydrogen-bond acceptors (Lipinski definition) is 4. The number of phenols is 2. The summed E-state index contributed by atoms with van der Waals surface area (Å²) in [4.78, 5) is 0. The van der Waals surface area contributed by atoms with E-state index >= 15 is 0 Å². The van der Waals surface area contributed by atoms with Gasteiger partial charge in [0.2, 0.25) is 0 Å². The minimum Gasteiger partial charge on any atom is -0.504 e. The Bertz CT molecular complexity index is 553. The predicted molar refractivity (Wildman–Crippen MR) is 88.3 cm³/mol. The quantitative estimate of drug-likeness (QED) is 0.727. The summed E-state index contributed by atoms with van der Waals surface area (Å²) in [5.41, 5.74) is 7.73. The van der Waals surface area contributed by atoms with Gasteiger partial charge in [0.1, 0.15) is 6.10 Å². The third-order valence-corrected chi connectivity index (χ3v) is 4.61. The number of allylic oxidation sites excluding steroid dienone is 2. The summed E-state index contributed by atoms with van der Waals surface area (Å²) in [6.07, 6.45) is 8.77. The molecule has 1 unspecified atom stereocenters. The van der Waals surface area contributed by atoms with E-state index in [9.17, 15) is 10.2 Å². The normalized spacial score (nSPS) is 21.9. The van der Waals surface area contributed by atoms with Gasteiger partial charge in [0.15, 0.2) is 11.5 Å². The van der Waals surface area contributed by atoms with Crippen LogP contribution in [-0.4, -0.2) is 16.8 Å². The lowest BCUT2D eigenvalue weighted by Crippen LogP contribution is -2.19. The summed E-state index contributed by atoms with van der Waals surface area (Å²) >= 11 is 0. The number of ether oxygens (including phenoxy) is 1. The first-order chi connectivity index (χ1) is 10.2. The monoisotopic (exact) mass is 325 g/mol. The molecule has 1 aromatic carbocycles. The number of halogens is 1. The molecule has 1 aromatic rings. The zero-order valence-corrected chi connectivity index (χ0v) is 13.4. The van der Waals surface area contributed by atoms with Crippen LogP contribution in [0.1, 0.15) is 49.3 Å². The Labute approximate surface area is 137 Å². The first-order valence-corrected chi connectivity index (χ1v) is 7.80. The van der Waals surface area contributed by atoms with Gasteiger partial charge in [0.05, 0.1) is 5.76 Å². The maximum absolute atomic E-state index is 9.73. The van der Waals surface area contributed by atoms with Crippen LogP contribution in [0.2, 0.25) is 0 Å². The summed E-state index contributed by atoms with van der Waals surface area (Å²) < 4.78 is 6.16. The minimum absolute atomic E-state index is 0. The number of phenolic OH excluding ortho intramolecular Hbond substituents is 2. The second-order valence-electron chi connectivity index (χ2n) is 6.03. The molecule has 1 atom stereocenters. The summed E-state index contributed by atoms with van der Waals surface area (Å²) in [7, 11) is 0. The summed E-state index contributed by atoms with van der Waals surface area (Å²) in [6.45, 7) is 0.362. The number of aromatic hydroxyl groups is 2. The van der Waals surface area contributed by atoms with E-state index in [-0.39, 0.29) is 30.0 Å². The number of fused-ring (bicyclic) bond motifs is 1. The summed E-state index contributed by atoms with van der Waals surface area (Å²) in [5.74, 6) is 1.33. The van der Waals surface area contributed by atoms with Crippen molar-refractivity contribution in [3.63, 3.8) is 0 Å². The number of hydrogen-bond donors (Lipinski definition) is 3. The van der Waals surface area contributed by atoms with Crippen LogP contribution in [0.25, 0.3) is 0 Å². The van der Waals surface area contributed by atoms with Crippen LogP contribution in [0.4, 0.5) is 0 Å². The number of nitrogens with two attached hydrogens (primary N) is 1. The molecule has 1 aliphatic heterocycles. The van der Waals surface area contributed by atoms with Crippen LogP contribution >= 0.6 is 12.4 Å². The van der Waals surface area contributed by atoms with Gasteiger partial charge in [-0.15, -0.1) is 12.4 Å². The van der Waals surface area contributed by atoms with Gasteiger partial charge in [-0.25, -0.2) is 0 Å². The third-order valence-electron chi connectivity index (χ3n) is 4.61. The predicted octanol–water partition coefficient (Wildman–Crippen LogP) is 3.56. The van der Waals surface area contributed by atoms with Gasteiger partial charge in [0, 0.05) is 18.0 Å². The van der Waals surface area contributed by atoms with E-state index in [0.717, 1.165) is 16.9 Å².